The average Bonchev–Trinajstić information content (AvgIpc) is 3.28. The highest BCUT2D eigenvalue weighted by Crippen LogP contribution is 2.22. The van der Waals surface area contributed by atoms with Crippen molar-refractivity contribution in [2.24, 2.45) is 0 Å². The molecule has 0 aliphatic carbocycles. The van der Waals surface area contributed by atoms with E-state index >= 15 is 0 Å². The number of aromatic nitrogens is 2. The fourth-order valence-electron chi connectivity index (χ4n) is 5.66. The van der Waals surface area contributed by atoms with Crippen LogP contribution in [0.1, 0.15) is 194 Å². The van der Waals surface area contributed by atoms with E-state index < -0.39 is 0 Å². The van der Waals surface area contributed by atoms with Crippen LogP contribution in [0, 0.1) is 0 Å². The van der Waals surface area contributed by atoms with Gasteiger partial charge in [-0.2, -0.15) is 0 Å². The minimum atomic E-state index is 0.591. The number of aryl methyl sites for hydroxylation is 1. The van der Waals surface area contributed by atoms with E-state index in [0.29, 0.717) is 12.0 Å². The largest absolute Gasteiger partial charge is 0.259 e. The van der Waals surface area contributed by atoms with Crippen LogP contribution in [0.25, 0.3) is 0 Å². The van der Waals surface area contributed by atoms with Gasteiger partial charge in [-0.3, -0.25) is 0 Å². The van der Waals surface area contributed by atoms with Gasteiger partial charge in [0.25, 0.3) is 5.82 Å². The molecule has 0 saturated carbocycles. The van der Waals surface area contributed by atoms with E-state index in [-0.39, 0.29) is 0 Å². The monoisotopic (exact) mass is 490 g/mol. The molecular formula is C33H65N2+. The normalized spacial score (nSPS) is 12.6. The van der Waals surface area contributed by atoms with Crippen LogP contribution in [0.3, 0.4) is 0 Å². The SMILES string of the molecule is CCCCCCCCCCCCCC[n+]1ccn(C(C)CCCCCCCCCCC)c1C(C)C. The summed E-state index contributed by atoms with van der Waals surface area (Å²) in [6, 6.07) is 0.625. The van der Waals surface area contributed by atoms with E-state index in [4.69, 9.17) is 0 Å². The number of rotatable bonds is 25. The summed E-state index contributed by atoms with van der Waals surface area (Å²) in [5.41, 5.74) is 0. The molecule has 35 heavy (non-hydrogen) atoms. The van der Waals surface area contributed by atoms with Gasteiger partial charge in [-0.25, -0.2) is 9.13 Å². The molecular weight excluding hydrogens is 424 g/mol. The Hall–Kier alpha value is -0.790. The van der Waals surface area contributed by atoms with Crippen LogP contribution in [0.15, 0.2) is 12.4 Å². The molecule has 1 heterocycles. The number of hydrogen-bond acceptors (Lipinski definition) is 0. The van der Waals surface area contributed by atoms with Gasteiger partial charge in [-0.15, -0.1) is 0 Å². The van der Waals surface area contributed by atoms with Crippen molar-refractivity contribution in [3.63, 3.8) is 0 Å². The Balaban J connectivity index is 2.19. The van der Waals surface area contributed by atoms with Gasteiger partial charge in [0.15, 0.2) is 0 Å². The van der Waals surface area contributed by atoms with E-state index in [2.05, 4.69) is 56.1 Å². The van der Waals surface area contributed by atoms with Gasteiger partial charge in [-0.05, 0) is 32.6 Å². The van der Waals surface area contributed by atoms with Crippen molar-refractivity contribution in [1.82, 2.24) is 4.57 Å². The zero-order valence-corrected chi connectivity index (χ0v) is 25.0. The summed E-state index contributed by atoms with van der Waals surface area (Å²) in [6.45, 7) is 13.0. The lowest BCUT2D eigenvalue weighted by Gasteiger charge is -2.14. The molecule has 0 bridgehead atoms. The molecule has 1 unspecified atom stereocenters. The predicted molar refractivity (Wildman–Crippen MR) is 156 cm³/mol. The first kappa shape index (κ1) is 32.2. The standard InChI is InChI=1S/C33H65N2/c1-6-8-10-12-14-16-17-18-20-22-24-26-28-34-29-30-35(33(34)31(3)4)32(5)27-25-23-21-19-15-13-11-9-7-2/h29-32H,6-28H2,1-5H3/q+1. The van der Waals surface area contributed by atoms with E-state index in [9.17, 15) is 0 Å². The van der Waals surface area contributed by atoms with E-state index in [1.54, 1.807) is 0 Å². The zero-order valence-electron chi connectivity index (χ0n) is 25.0. The number of hydrogen-bond donors (Lipinski definition) is 0. The smallest absolute Gasteiger partial charge is 0.234 e. The first-order valence-electron chi connectivity index (χ1n) is 16.2. The zero-order chi connectivity index (χ0) is 25.6. The van der Waals surface area contributed by atoms with Crippen LogP contribution in [-0.4, -0.2) is 4.57 Å². The molecule has 2 heteroatoms. The van der Waals surface area contributed by atoms with Gasteiger partial charge < -0.3 is 0 Å². The quantitative estimate of drug-likeness (QED) is 0.0953. The van der Waals surface area contributed by atoms with Crippen LogP contribution in [0.2, 0.25) is 0 Å². The summed E-state index contributed by atoms with van der Waals surface area (Å²) in [5, 5.41) is 0. The molecule has 0 radical (unpaired) electrons. The molecule has 206 valence electrons. The summed E-state index contributed by atoms with van der Waals surface area (Å²) in [6.07, 6.45) is 35.9. The van der Waals surface area contributed by atoms with Crippen molar-refractivity contribution < 1.29 is 4.57 Å². The Morgan fingerprint density at radius 2 is 0.971 bits per heavy atom. The predicted octanol–water partition coefficient (Wildman–Crippen LogP) is 11.1. The minimum absolute atomic E-state index is 0.591. The average molecular weight is 490 g/mol. The van der Waals surface area contributed by atoms with Crippen LogP contribution < -0.4 is 4.57 Å². The maximum atomic E-state index is 2.59. The number of unbranched alkanes of at least 4 members (excludes halogenated alkanes) is 19. The first-order chi connectivity index (χ1) is 17.1. The van der Waals surface area contributed by atoms with Crippen molar-refractivity contribution in [2.45, 2.75) is 194 Å². The molecule has 2 nitrogen and oxygen atoms in total. The van der Waals surface area contributed by atoms with Gasteiger partial charge in [0.05, 0.1) is 18.5 Å². The lowest BCUT2D eigenvalue weighted by molar-refractivity contribution is -0.705. The van der Waals surface area contributed by atoms with Gasteiger partial charge in [0, 0.05) is 0 Å². The number of imidazole rings is 1. The van der Waals surface area contributed by atoms with Gasteiger partial charge in [0.2, 0.25) is 0 Å². The second kappa shape index (κ2) is 22.4. The third-order valence-corrected chi connectivity index (χ3v) is 7.94. The molecule has 0 aliphatic heterocycles. The van der Waals surface area contributed by atoms with Crippen molar-refractivity contribution in [2.75, 3.05) is 0 Å². The van der Waals surface area contributed by atoms with Gasteiger partial charge in [0.1, 0.15) is 12.4 Å². The van der Waals surface area contributed by atoms with Crippen LogP contribution in [0.4, 0.5) is 0 Å². The minimum Gasteiger partial charge on any atom is -0.234 e. The molecule has 1 aromatic rings. The third-order valence-electron chi connectivity index (χ3n) is 7.94. The van der Waals surface area contributed by atoms with Crippen molar-refractivity contribution in [3.05, 3.63) is 18.2 Å². The fourth-order valence-corrected chi connectivity index (χ4v) is 5.66. The maximum absolute atomic E-state index is 2.59. The first-order valence-corrected chi connectivity index (χ1v) is 16.2. The molecule has 0 amide bonds. The molecule has 0 fully saturated rings. The topological polar surface area (TPSA) is 8.81 Å². The van der Waals surface area contributed by atoms with Crippen molar-refractivity contribution in [1.29, 1.82) is 0 Å². The van der Waals surface area contributed by atoms with Gasteiger partial charge in [-0.1, -0.05) is 143 Å². The lowest BCUT2D eigenvalue weighted by atomic mass is 10.0. The molecule has 1 rings (SSSR count). The van der Waals surface area contributed by atoms with Crippen LogP contribution in [0.5, 0.6) is 0 Å². The Labute approximate surface area is 221 Å². The van der Waals surface area contributed by atoms with E-state index in [1.165, 1.54) is 154 Å². The third kappa shape index (κ3) is 15.8. The van der Waals surface area contributed by atoms with Crippen LogP contribution in [-0.2, 0) is 6.54 Å². The molecule has 1 aromatic heterocycles. The fraction of sp³-hybridized carbons (Fsp3) is 0.909. The summed E-state index contributed by atoms with van der Waals surface area (Å²) >= 11 is 0. The van der Waals surface area contributed by atoms with E-state index in [0.717, 1.165) is 0 Å². The van der Waals surface area contributed by atoms with Gasteiger partial charge >= 0.3 is 0 Å². The molecule has 0 saturated heterocycles. The second-order valence-electron chi connectivity index (χ2n) is 11.8. The Morgan fingerprint density at radius 1 is 0.571 bits per heavy atom. The summed E-state index contributed by atoms with van der Waals surface area (Å²) in [7, 11) is 0. The number of nitrogens with zero attached hydrogens (tertiary/aromatic N) is 2. The summed E-state index contributed by atoms with van der Waals surface area (Å²) in [4.78, 5) is 0. The van der Waals surface area contributed by atoms with Crippen molar-refractivity contribution >= 4 is 0 Å². The Bertz CT molecular complexity index is 574. The van der Waals surface area contributed by atoms with Crippen LogP contribution >= 0.6 is 0 Å². The molecule has 0 spiro atoms. The van der Waals surface area contributed by atoms with Crippen molar-refractivity contribution in [3.8, 4) is 0 Å². The second-order valence-corrected chi connectivity index (χ2v) is 11.8. The maximum Gasteiger partial charge on any atom is 0.259 e. The highest BCUT2D eigenvalue weighted by molar-refractivity contribution is 4.92. The summed E-state index contributed by atoms with van der Waals surface area (Å²) < 4.78 is 5.16. The molecule has 1 atom stereocenters. The highest BCUT2D eigenvalue weighted by atomic mass is 15.2. The summed E-state index contributed by atoms with van der Waals surface area (Å²) in [5.74, 6) is 2.13. The molecule has 0 aromatic carbocycles. The molecule has 0 N–H and O–H groups in total. The lowest BCUT2D eigenvalue weighted by Crippen LogP contribution is -2.38. The highest BCUT2D eigenvalue weighted by Gasteiger charge is 2.23. The molecule has 0 aliphatic rings. The Kier molecular flexibility index (Phi) is 20.6. The van der Waals surface area contributed by atoms with E-state index in [1.807, 2.05) is 0 Å². The Morgan fingerprint density at radius 3 is 1.40 bits per heavy atom.